The summed E-state index contributed by atoms with van der Waals surface area (Å²) in [6, 6.07) is 3.95. The Hall–Kier alpha value is -1.40. The molecule has 2 rings (SSSR count). The van der Waals surface area contributed by atoms with Gasteiger partial charge in [-0.2, -0.15) is 8.42 Å². The van der Waals surface area contributed by atoms with Crippen LogP contribution >= 0.6 is 0 Å². The van der Waals surface area contributed by atoms with E-state index in [4.69, 9.17) is 9.92 Å². The van der Waals surface area contributed by atoms with Gasteiger partial charge in [-0.3, -0.25) is 0 Å². The molecule has 1 aliphatic carbocycles. The molecule has 1 aromatic carbocycles. The van der Waals surface area contributed by atoms with Crippen molar-refractivity contribution in [3.63, 3.8) is 0 Å². The van der Waals surface area contributed by atoms with Crippen molar-refractivity contribution in [2.75, 3.05) is 0 Å². The van der Waals surface area contributed by atoms with Crippen LogP contribution in [0.25, 0.3) is 0 Å². The average Bonchev–Trinajstić information content (AvgIpc) is 3.00. The van der Waals surface area contributed by atoms with E-state index >= 15 is 0 Å². The Labute approximate surface area is 138 Å². The Morgan fingerprint density at radius 1 is 1.26 bits per heavy atom. The molecule has 0 spiro atoms. The van der Waals surface area contributed by atoms with Crippen LogP contribution in [0.4, 0.5) is 0 Å². The highest BCUT2D eigenvalue weighted by Crippen LogP contribution is 2.36. The van der Waals surface area contributed by atoms with Crippen LogP contribution in [0, 0.1) is 12.8 Å². The van der Waals surface area contributed by atoms with Crippen molar-refractivity contribution >= 4 is 16.1 Å². The number of benzene rings is 1. The lowest BCUT2D eigenvalue weighted by Gasteiger charge is -2.16. The lowest BCUT2D eigenvalue weighted by atomic mass is 9.94. The van der Waals surface area contributed by atoms with Crippen molar-refractivity contribution in [1.82, 2.24) is 0 Å². The first-order valence-corrected chi connectivity index (χ1v) is 9.47. The fraction of sp³-hybridized carbons (Fsp3) is 0.588. The molecule has 128 valence electrons. The maximum Gasteiger partial charge on any atom is 0.341 e. The first-order valence-electron chi connectivity index (χ1n) is 8.07. The maximum absolute atomic E-state index is 12.3. The average molecular weight is 339 g/mol. The van der Waals surface area contributed by atoms with Gasteiger partial charge in [-0.25, -0.2) is 4.79 Å². The van der Waals surface area contributed by atoms with Crippen LogP contribution < -0.4 is 5.73 Å². The summed E-state index contributed by atoms with van der Waals surface area (Å²) in [6.07, 6.45) is 4.48. The Kier molecular flexibility index (Phi) is 5.47. The minimum Gasteiger partial charge on any atom is -0.341 e. The highest BCUT2D eigenvalue weighted by Gasteiger charge is 2.28. The highest BCUT2D eigenvalue weighted by molar-refractivity contribution is 7.87. The van der Waals surface area contributed by atoms with Gasteiger partial charge in [0.15, 0.2) is 0 Å². The first-order chi connectivity index (χ1) is 10.7. The fourth-order valence-corrected chi connectivity index (χ4v) is 3.86. The zero-order valence-electron chi connectivity index (χ0n) is 13.9. The van der Waals surface area contributed by atoms with E-state index in [2.05, 4.69) is 0 Å². The van der Waals surface area contributed by atoms with Gasteiger partial charge in [-0.1, -0.05) is 32.8 Å². The molecular formula is C17H25NO4S. The number of carbonyl (C=O) groups excluding carboxylic acids is 1. The van der Waals surface area contributed by atoms with Crippen LogP contribution in [0.2, 0.25) is 0 Å². The summed E-state index contributed by atoms with van der Waals surface area (Å²) in [4.78, 5) is 11.9. The molecule has 1 aromatic rings. The molecule has 0 bridgehead atoms. The summed E-state index contributed by atoms with van der Waals surface area (Å²) in [5, 5.41) is 0. The molecule has 0 radical (unpaired) electrons. The number of hydrogen-bond donors (Lipinski definition) is 1. The molecule has 1 fully saturated rings. The third kappa shape index (κ3) is 4.12. The van der Waals surface area contributed by atoms with Crippen LogP contribution in [0.5, 0.6) is 0 Å². The molecule has 0 aliphatic heterocycles. The van der Waals surface area contributed by atoms with E-state index in [9.17, 15) is 13.2 Å². The van der Waals surface area contributed by atoms with Crippen molar-refractivity contribution in [1.29, 1.82) is 0 Å². The lowest BCUT2D eigenvalue weighted by Crippen LogP contribution is -2.38. The van der Waals surface area contributed by atoms with Gasteiger partial charge in [0.1, 0.15) is 10.9 Å². The number of carbonyl (C=O) groups is 1. The van der Waals surface area contributed by atoms with Gasteiger partial charge in [-0.15, -0.1) is 0 Å². The van der Waals surface area contributed by atoms with Crippen molar-refractivity contribution in [3.05, 3.63) is 29.3 Å². The molecule has 1 aliphatic rings. The predicted octanol–water partition coefficient (Wildman–Crippen LogP) is 2.87. The van der Waals surface area contributed by atoms with Crippen LogP contribution in [0.1, 0.15) is 56.6 Å². The van der Waals surface area contributed by atoms with Crippen LogP contribution in [-0.4, -0.2) is 20.4 Å². The molecule has 1 atom stereocenters. The summed E-state index contributed by atoms with van der Waals surface area (Å²) in [5.74, 6) is -0.716. The van der Waals surface area contributed by atoms with Crippen LogP contribution in [0.3, 0.4) is 0 Å². The summed E-state index contributed by atoms with van der Waals surface area (Å²) in [5.41, 5.74) is 7.77. The SMILES string of the molecule is Cc1ccc(S(=O)(=O)OC(=O)C(N)C(C)C)cc1C1CCCC1. The van der Waals surface area contributed by atoms with Crippen molar-refractivity contribution < 1.29 is 17.4 Å². The van der Waals surface area contributed by atoms with E-state index in [1.807, 2.05) is 6.92 Å². The van der Waals surface area contributed by atoms with Crippen molar-refractivity contribution in [2.24, 2.45) is 11.7 Å². The molecular weight excluding hydrogens is 314 g/mol. The molecule has 23 heavy (non-hydrogen) atoms. The Bertz CT molecular complexity index is 676. The van der Waals surface area contributed by atoms with E-state index in [-0.39, 0.29) is 10.8 Å². The number of rotatable bonds is 5. The number of aryl methyl sites for hydroxylation is 1. The topological polar surface area (TPSA) is 86.5 Å². The van der Waals surface area contributed by atoms with Crippen molar-refractivity contribution in [3.8, 4) is 0 Å². The van der Waals surface area contributed by atoms with Gasteiger partial charge in [0, 0.05) is 0 Å². The highest BCUT2D eigenvalue weighted by atomic mass is 32.2. The molecule has 1 unspecified atom stereocenters. The fourth-order valence-electron chi connectivity index (χ4n) is 2.93. The van der Waals surface area contributed by atoms with Gasteiger partial charge in [-0.05, 0) is 54.9 Å². The third-order valence-electron chi connectivity index (χ3n) is 4.52. The number of hydrogen-bond acceptors (Lipinski definition) is 5. The molecule has 5 nitrogen and oxygen atoms in total. The van der Waals surface area contributed by atoms with E-state index < -0.39 is 22.1 Å². The minimum absolute atomic E-state index is 0.0225. The van der Waals surface area contributed by atoms with Crippen molar-refractivity contribution in [2.45, 2.75) is 63.3 Å². The zero-order chi connectivity index (χ0) is 17.2. The van der Waals surface area contributed by atoms with Crippen LogP contribution in [0.15, 0.2) is 23.1 Å². The second kappa shape index (κ2) is 7.01. The van der Waals surface area contributed by atoms with E-state index in [1.54, 1.807) is 26.0 Å². The Morgan fingerprint density at radius 2 is 1.87 bits per heavy atom. The molecule has 0 aromatic heterocycles. The molecule has 1 saturated carbocycles. The maximum atomic E-state index is 12.3. The van der Waals surface area contributed by atoms with E-state index in [0.717, 1.165) is 24.0 Å². The summed E-state index contributed by atoms with van der Waals surface area (Å²) < 4.78 is 29.4. The van der Waals surface area contributed by atoms with Gasteiger partial charge >= 0.3 is 16.1 Å². The molecule has 6 heteroatoms. The predicted molar refractivity (Wildman–Crippen MR) is 88.5 cm³/mol. The summed E-state index contributed by atoms with van der Waals surface area (Å²) in [6.45, 7) is 5.45. The zero-order valence-corrected chi connectivity index (χ0v) is 14.7. The minimum atomic E-state index is -4.14. The van der Waals surface area contributed by atoms with E-state index in [0.29, 0.717) is 5.92 Å². The summed E-state index contributed by atoms with van der Waals surface area (Å²) >= 11 is 0. The normalized spacial score (nSPS) is 17.4. The summed E-state index contributed by atoms with van der Waals surface area (Å²) in [7, 11) is -4.14. The second-order valence-electron chi connectivity index (χ2n) is 6.63. The molecule has 0 amide bonds. The second-order valence-corrected chi connectivity index (χ2v) is 8.17. The van der Waals surface area contributed by atoms with Gasteiger partial charge in [0.25, 0.3) is 0 Å². The third-order valence-corrected chi connectivity index (χ3v) is 5.73. The van der Waals surface area contributed by atoms with Gasteiger partial charge in [0.2, 0.25) is 0 Å². The standard InChI is InChI=1S/C17H25NO4S/c1-11(2)16(18)17(19)22-23(20,21)14-9-8-12(3)15(10-14)13-6-4-5-7-13/h8-11,13,16H,4-7,18H2,1-3H3. The first kappa shape index (κ1) is 17.9. The lowest BCUT2D eigenvalue weighted by molar-refractivity contribution is -0.136. The van der Waals surface area contributed by atoms with Crippen LogP contribution in [-0.2, 0) is 19.1 Å². The number of nitrogens with two attached hydrogens (primary N) is 1. The van der Waals surface area contributed by atoms with Gasteiger partial charge < -0.3 is 9.92 Å². The molecule has 0 heterocycles. The smallest absolute Gasteiger partial charge is 0.341 e. The Morgan fingerprint density at radius 3 is 2.43 bits per heavy atom. The Balaban J connectivity index is 2.26. The monoisotopic (exact) mass is 339 g/mol. The quantitative estimate of drug-likeness (QED) is 0.834. The van der Waals surface area contributed by atoms with E-state index in [1.165, 1.54) is 18.9 Å². The molecule has 2 N–H and O–H groups in total. The largest absolute Gasteiger partial charge is 0.341 e. The van der Waals surface area contributed by atoms with Gasteiger partial charge in [0.05, 0.1) is 0 Å². The molecule has 0 saturated heterocycles.